The number of rotatable bonds is 68. The van der Waals surface area contributed by atoms with Crippen molar-refractivity contribution < 1.29 is 42.9 Å². The minimum atomic E-state index is -1.64. The van der Waals surface area contributed by atoms with Crippen LogP contribution in [0.4, 0.5) is 0 Å². The van der Waals surface area contributed by atoms with Crippen molar-refractivity contribution in [3.8, 4) is 0 Å². The highest BCUT2D eigenvalue weighted by Gasteiger charge is 2.22. The monoisotopic (exact) mass is 1340 g/mol. The first-order valence-electron chi connectivity index (χ1n) is 38.2. The van der Waals surface area contributed by atoms with Crippen molar-refractivity contribution >= 4 is 17.9 Å². The van der Waals surface area contributed by atoms with E-state index in [-0.39, 0.29) is 38.6 Å². The average molecular weight is 1340 g/mol. The van der Waals surface area contributed by atoms with Crippen LogP contribution in [-0.2, 0) is 33.3 Å². The number of quaternary nitrogens is 1. The molecular weight excluding hydrogens is 1200 g/mol. The predicted octanol–water partition coefficient (Wildman–Crippen LogP) is 23.4. The zero-order valence-electron chi connectivity index (χ0n) is 62.1. The van der Waals surface area contributed by atoms with Crippen LogP contribution in [0.1, 0.15) is 271 Å². The minimum Gasteiger partial charge on any atom is -0.545 e. The fourth-order valence-electron chi connectivity index (χ4n) is 9.78. The third kappa shape index (κ3) is 77.1. The standard InChI is InChI=1S/C88H139NO8/c1-6-8-10-12-14-16-18-20-22-24-26-28-30-32-34-36-38-40-41-42-43-44-45-47-49-51-53-55-57-59-61-63-65-67-69-71-73-75-77-79-86(91)97-84(83-96-88(87(92)93)94-81-80-89(3,4)5)82-95-85(90)78-76-74-72-70-68-66-64-62-60-58-56-54-52-50-48-46-39-37-35-33-31-29-27-25-23-21-19-17-15-13-11-9-7-2/h8-11,14-17,20-23,26-29,32-35,38-40,42-43,45-47,50-53,57,59,84,88H,6-7,12-13,18-19,24-25,30-31,36-37,41,44,48-49,54-56,58,60-83H2,1-5H3/b10-8-,11-9-,16-14-,17-15-,22-20-,23-21-,28-26-,29-27-,34-32-,35-33-,40-38-,43-42-,46-39-,47-45-,52-50-,53-51-,59-57-. The zero-order chi connectivity index (χ0) is 70.4. The Kier molecular flexibility index (Phi) is 70.9. The second kappa shape index (κ2) is 75.6. The molecule has 0 fully saturated rings. The van der Waals surface area contributed by atoms with E-state index >= 15 is 0 Å². The third-order valence-corrected chi connectivity index (χ3v) is 15.5. The van der Waals surface area contributed by atoms with Crippen molar-refractivity contribution in [2.75, 3.05) is 47.5 Å². The van der Waals surface area contributed by atoms with Crippen molar-refractivity contribution in [2.24, 2.45) is 0 Å². The number of likely N-dealkylation sites (N-methyl/N-ethyl adjacent to an activating group) is 1. The number of carboxylic acids is 1. The molecule has 0 aliphatic rings. The van der Waals surface area contributed by atoms with Crippen LogP contribution in [0.5, 0.6) is 0 Å². The average Bonchev–Trinajstić information content (AvgIpc) is 2.39. The molecule has 0 aromatic carbocycles. The number of hydrogen-bond donors (Lipinski definition) is 0. The molecule has 544 valence electrons. The summed E-state index contributed by atoms with van der Waals surface area (Å²) in [7, 11) is 5.92. The highest BCUT2D eigenvalue weighted by Crippen LogP contribution is 2.16. The van der Waals surface area contributed by atoms with Gasteiger partial charge in [-0.25, -0.2) is 0 Å². The number of carbonyl (C=O) groups excluding carboxylic acids is 3. The maximum Gasteiger partial charge on any atom is 0.306 e. The minimum absolute atomic E-state index is 0.135. The van der Waals surface area contributed by atoms with Gasteiger partial charge < -0.3 is 33.3 Å². The number of hydrogen-bond acceptors (Lipinski definition) is 8. The van der Waals surface area contributed by atoms with E-state index in [1.807, 2.05) is 21.1 Å². The molecule has 0 aliphatic heterocycles. The van der Waals surface area contributed by atoms with Gasteiger partial charge in [0, 0.05) is 12.8 Å². The van der Waals surface area contributed by atoms with Crippen LogP contribution in [0.2, 0.25) is 0 Å². The van der Waals surface area contributed by atoms with Gasteiger partial charge in [0.05, 0.1) is 40.3 Å². The lowest BCUT2D eigenvalue weighted by Gasteiger charge is -2.26. The number of aliphatic carboxylic acids is 1. The first-order valence-corrected chi connectivity index (χ1v) is 38.2. The molecule has 0 aromatic rings. The van der Waals surface area contributed by atoms with Gasteiger partial charge in [0.2, 0.25) is 0 Å². The fourth-order valence-corrected chi connectivity index (χ4v) is 9.78. The Labute approximate surface area is 594 Å². The summed E-state index contributed by atoms with van der Waals surface area (Å²) in [4.78, 5) is 37.6. The molecule has 0 rings (SSSR count). The van der Waals surface area contributed by atoms with Gasteiger partial charge in [0.15, 0.2) is 12.4 Å². The maximum absolute atomic E-state index is 13.0. The van der Waals surface area contributed by atoms with Gasteiger partial charge >= 0.3 is 11.9 Å². The second-order valence-corrected chi connectivity index (χ2v) is 25.8. The Bertz CT molecular complexity index is 2350. The van der Waals surface area contributed by atoms with E-state index in [1.54, 1.807) is 0 Å². The number of esters is 2. The van der Waals surface area contributed by atoms with Crippen LogP contribution in [0.15, 0.2) is 207 Å². The second-order valence-electron chi connectivity index (χ2n) is 25.8. The fraction of sp³-hybridized carbons (Fsp3) is 0.580. The van der Waals surface area contributed by atoms with E-state index in [0.717, 1.165) is 167 Å². The summed E-state index contributed by atoms with van der Waals surface area (Å²) in [6, 6.07) is 0. The van der Waals surface area contributed by atoms with Crippen molar-refractivity contribution in [3.05, 3.63) is 207 Å². The Hall–Kier alpha value is -6.13. The lowest BCUT2D eigenvalue weighted by atomic mass is 10.0. The van der Waals surface area contributed by atoms with Gasteiger partial charge in [0.25, 0.3) is 0 Å². The molecule has 0 spiro atoms. The molecule has 2 atom stereocenters. The number of unbranched alkanes of at least 4 members (excludes halogenated alkanes) is 19. The summed E-state index contributed by atoms with van der Waals surface area (Å²) in [5, 5.41) is 11.9. The number of nitrogens with zero attached hydrogens (tertiary/aromatic N) is 1. The van der Waals surface area contributed by atoms with Crippen LogP contribution < -0.4 is 5.11 Å². The molecule has 0 N–H and O–H groups in total. The number of ether oxygens (including phenoxy) is 4. The normalized spacial score (nSPS) is 13.9. The molecule has 0 aromatic heterocycles. The smallest absolute Gasteiger partial charge is 0.306 e. The first kappa shape index (κ1) is 90.9. The zero-order valence-corrected chi connectivity index (χ0v) is 62.1. The molecule has 9 heteroatoms. The Morgan fingerprint density at radius 1 is 0.309 bits per heavy atom. The summed E-state index contributed by atoms with van der Waals surface area (Å²) < 4.78 is 22.8. The van der Waals surface area contributed by atoms with Crippen LogP contribution >= 0.6 is 0 Å². The van der Waals surface area contributed by atoms with E-state index in [9.17, 15) is 19.5 Å². The number of allylic oxidation sites excluding steroid dienone is 34. The van der Waals surface area contributed by atoms with Gasteiger partial charge in [-0.3, -0.25) is 9.59 Å². The van der Waals surface area contributed by atoms with Gasteiger partial charge in [-0.2, -0.15) is 0 Å². The Balaban J connectivity index is 4.18. The number of carbonyl (C=O) groups is 3. The topological polar surface area (TPSA) is 111 Å². The van der Waals surface area contributed by atoms with Crippen molar-refractivity contribution in [2.45, 2.75) is 283 Å². The Morgan fingerprint density at radius 2 is 0.557 bits per heavy atom. The molecular formula is C88H139NO8. The lowest BCUT2D eigenvalue weighted by molar-refractivity contribution is -0.870. The molecule has 9 nitrogen and oxygen atoms in total. The van der Waals surface area contributed by atoms with Crippen LogP contribution in [0.3, 0.4) is 0 Å². The van der Waals surface area contributed by atoms with E-state index in [4.69, 9.17) is 18.9 Å². The summed E-state index contributed by atoms with van der Waals surface area (Å²) >= 11 is 0. The maximum atomic E-state index is 13.0. The molecule has 0 aliphatic carbocycles. The molecule has 0 saturated carbocycles. The van der Waals surface area contributed by atoms with E-state index < -0.39 is 24.3 Å². The molecule has 0 saturated heterocycles. The van der Waals surface area contributed by atoms with E-state index in [1.165, 1.54) is 70.6 Å². The van der Waals surface area contributed by atoms with Gasteiger partial charge in [0.1, 0.15) is 13.2 Å². The third-order valence-electron chi connectivity index (χ3n) is 15.5. The lowest BCUT2D eigenvalue weighted by Crippen LogP contribution is -2.44. The summed E-state index contributed by atoms with van der Waals surface area (Å²) in [5.41, 5.74) is 0. The summed E-state index contributed by atoms with van der Waals surface area (Å²) in [6.45, 7) is 4.49. The number of carboxylic acid groups (broad SMARTS) is 1. The van der Waals surface area contributed by atoms with Crippen molar-refractivity contribution in [3.63, 3.8) is 0 Å². The molecule has 97 heavy (non-hydrogen) atoms. The molecule has 0 radical (unpaired) electrons. The predicted molar refractivity (Wildman–Crippen MR) is 416 cm³/mol. The van der Waals surface area contributed by atoms with Crippen molar-refractivity contribution in [1.29, 1.82) is 0 Å². The highest BCUT2D eigenvalue weighted by atomic mass is 16.7. The van der Waals surface area contributed by atoms with Crippen molar-refractivity contribution in [1.82, 2.24) is 0 Å². The summed E-state index contributed by atoms with van der Waals surface area (Å²) in [6.07, 6.45) is 115. The van der Waals surface area contributed by atoms with E-state index in [2.05, 4.69) is 220 Å². The molecule has 0 amide bonds. The molecule has 0 bridgehead atoms. The van der Waals surface area contributed by atoms with Gasteiger partial charge in [-0.15, -0.1) is 0 Å². The first-order chi connectivity index (χ1) is 47.6. The Morgan fingerprint density at radius 3 is 0.825 bits per heavy atom. The quantitative estimate of drug-likeness (QED) is 0.0195. The molecule has 0 heterocycles. The summed E-state index contributed by atoms with van der Waals surface area (Å²) in [5.74, 6) is -2.32. The van der Waals surface area contributed by atoms with Gasteiger partial charge in [-0.05, 0) is 148 Å². The SMILES string of the molecule is CC/C=C\C/C=C\C/C=C\C/C=C\C/C=C\C/C=C\C/C=C\C/C=C\C/C=C\C/C=C\CCCCCCCCCCC(=O)OC(COC(=O)CCCCCCCCCCCCC/C=C\C/C=C\C/C=C\C/C=C\C/C=C\C/C=C\C/C=C\CC)COC(OCC[N+](C)(C)C)C(=O)[O-]. The van der Waals surface area contributed by atoms with E-state index in [0.29, 0.717) is 17.4 Å². The highest BCUT2D eigenvalue weighted by molar-refractivity contribution is 5.70. The van der Waals surface area contributed by atoms with Gasteiger partial charge in [-0.1, -0.05) is 317 Å². The van der Waals surface area contributed by atoms with Crippen LogP contribution in [0, 0.1) is 0 Å². The van der Waals surface area contributed by atoms with Crippen LogP contribution in [0.25, 0.3) is 0 Å². The largest absolute Gasteiger partial charge is 0.545 e. The molecule has 2 unspecified atom stereocenters. The van der Waals surface area contributed by atoms with Crippen LogP contribution in [-0.4, -0.2) is 82.3 Å².